The van der Waals surface area contributed by atoms with Gasteiger partial charge in [0.1, 0.15) is 5.56 Å². The smallest absolute Gasteiger partial charge is 0.278 e. The van der Waals surface area contributed by atoms with E-state index in [1.165, 1.54) is 15.9 Å². The predicted molar refractivity (Wildman–Crippen MR) is 96.6 cm³/mol. The van der Waals surface area contributed by atoms with Crippen molar-refractivity contribution in [2.75, 3.05) is 18.6 Å². The SMILES string of the molecule is CCOc1[nH]n(C)c(=O)c1C=C=C1N(C)c2ccccc2C1(C)C. The highest BCUT2D eigenvalue weighted by Crippen LogP contribution is 2.46. The van der Waals surface area contributed by atoms with Crippen LogP contribution in [0, 0.1) is 0 Å². The zero-order valence-electron chi connectivity index (χ0n) is 14.8. The number of rotatable bonds is 3. The van der Waals surface area contributed by atoms with E-state index in [-0.39, 0.29) is 11.0 Å². The zero-order valence-corrected chi connectivity index (χ0v) is 14.8. The molecule has 1 aliphatic heterocycles. The monoisotopic (exact) mass is 325 g/mol. The Balaban J connectivity index is 2.13. The van der Waals surface area contributed by atoms with Crippen molar-refractivity contribution in [2.24, 2.45) is 7.05 Å². The number of nitrogens with one attached hydrogen (secondary N) is 1. The minimum Gasteiger partial charge on any atom is -0.478 e. The number of H-pyrrole nitrogens is 1. The highest BCUT2D eigenvalue weighted by Gasteiger charge is 2.38. The molecular formula is C19H23N3O2. The maximum Gasteiger partial charge on any atom is 0.278 e. The molecule has 0 spiro atoms. The largest absolute Gasteiger partial charge is 0.478 e. The molecule has 0 saturated heterocycles. The van der Waals surface area contributed by atoms with Gasteiger partial charge in [-0.1, -0.05) is 23.9 Å². The predicted octanol–water partition coefficient (Wildman–Crippen LogP) is 3.04. The van der Waals surface area contributed by atoms with Gasteiger partial charge >= 0.3 is 0 Å². The quantitative estimate of drug-likeness (QED) is 0.883. The van der Waals surface area contributed by atoms with Crippen molar-refractivity contribution in [1.82, 2.24) is 9.78 Å². The van der Waals surface area contributed by atoms with E-state index >= 15 is 0 Å². The summed E-state index contributed by atoms with van der Waals surface area (Å²) in [4.78, 5) is 14.4. The highest BCUT2D eigenvalue weighted by atomic mass is 16.5. The van der Waals surface area contributed by atoms with Crippen LogP contribution in [0.2, 0.25) is 0 Å². The Morgan fingerprint density at radius 1 is 1.29 bits per heavy atom. The molecule has 1 aliphatic rings. The fraction of sp³-hybridized carbons (Fsp3) is 0.368. The molecule has 0 amide bonds. The first kappa shape index (κ1) is 16.2. The second kappa shape index (κ2) is 5.77. The van der Waals surface area contributed by atoms with Crippen LogP contribution in [-0.4, -0.2) is 23.4 Å². The maximum absolute atomic E-state index is 12.3. The molecule has 0 fully saturated rings. The van der Waals surface area contributed by atoms with Gasteiger partial charge in [0.05, 0.1) is 12.3 Å². The van der Waals surface area contributed by atoms with Gasteiger partial charge in [-0.3, -0.25) is 14.6 Å². The summed E-state index contributed by atoms with van der Waals surface area (Å²) in [6.07, 6.45) is 1.73. The molecule has 5 heteroatoms. The lowest BCUT2D eigenvalue weighted by Gasteiger charge is -2.21. The van der Waals surface area contributed by atoms with E-state index < -0.39 is 0 Å². The third kappa shape index (κ3) is 2.38. The van der Waals surface area contributed by atoms with E-state index in [0.29, 0.717) is 18.1 Å². The van der Waals surface area contributed by atoms with Crippen molar-refractivity contribution < 1.29 is 4.74 Å². The van der Waals surface area contributed by atoms with Crippen molar-refractivity contribution in [3.05, 3.63) is 57.2 Å². The average molecular weight is 325 g/mol. The standard InChI is InChI=1S/C19H23N3O2/c1-6-24-17-13(18(23)22(5)20-17)11-12-16-19(2,3)14-9-7-8-10-15(14)21(16)4/h7-11,20H,6H2,1-5H3. The summed E-state index contributed by atoms with van der Waals surface area (Å²) in [7, 11) is 3.71. The van der Waals surface area contributed by atoms with Crippen LogP contribution < -0.4 is 15.2 Å². The van der Waals surface area contributed by atoms with Crippen LogP contribution in [-0.2, 0) is 12.5 Å². The van der Waals surface area contributed by atoms with Gasteiger partial charge in [0.25, 0.3) is 5.56 Å². The summed E-state index contributed by atoms with van der Waals surface area (Å²) in [5.41, 5.74) is 6.99. The van der Waals surface area contributed by atoms with E-state index in [0.717, 1.165) is 5.70 Å². The van der Waals surface area contributed by atoms with Gasteiger partial charge in [-0.25, -0.2) is 0 Å². The second-order valence-electron chi connectivity index (χ2n) is 6.49. The molecular weight excluding hydrogens is 302 g/mol. The lowest BCUT2D eigenvalue weighted by Crippen LogP contribution is -2.22. The van der Waals surface area contributed by atoms with Gasteiger partial charge < -0.3 is 9.64 Å². The number of aromatic nitrogens is 2. The molecule has 1 aromatic heterocycles. The summed E-state index contributed by atoms with van der Waals surface area (Å²) in [5.74, 6) is 0.481. The van der Waals surface area contributed by atoms with Crippen molar-refractivity contribution in [1.29, 1.82) is 0 Å². The minimum atomic E-state index is -0.171. The normalized spacial score (nSPS) is 15.2. The van der Waals surface area contributed by atoms with E-state index in [4.69, 9.17) is 4.74 Å². The highest BCUT2D eigenvalue weighted by molar-refractivity contribution is 5.70. The van der Waals surface area contributed by atoms with Crippen molar-refractivity contribution in [3.63, 3.8) is 0 Å². The molecule has 1 aromatic carbocycles. The summed E-state index contributed by atoms with van der Waals surface area (Å²) in [6.45, 7) is 6.73. The second-order valence-corrected chi connectivity index (χ2v) is 6.49. The third-order valence-corrected chi connectivity index (χ3v) is 4.56. The number of aryl methyl sites for hydroxylation is 1. The number of benzene rings is 1. The minimum absolute atomic E-state index is 0.123. The Morgan fingerprint density at radius 3 is 2.67 bits per heavy atom. The number of hydrogen-bond donors (Lipinski definition) is 1. The van der Waals surface area contributed by atoms with E-state index in [1.54, 1.807) is 13.1 Å². The molecule has 3 rings (SSSR count). The molecule has 24 heavy (non-hydrogen) atoms. The molecule has 5 nitrogen and oxygen atoms in total. The van der Waals surface area contributed by atoms with E-state index in [9.17, 15) is 4.79 Å². The third-order valence-electron chi connectivity index (χ3n) is 4.56. The number of fused-ring (bicyclic) bond motifs is 1. The van der Waals surface area contributed by atoms with Gasteiger partial charge in [0, 0.05) is 31.3 Å². The molecule has 0 unspecified atom stereocenters. The number of nitrogens with zero attached hydrogens (tertiary/aromatic N) is 2. The lowest BCUT2D eigenvalue weighted by atomic mass is 9.84. The van der Waals surface area contributed by atoms with Crippen LogP contribution in [0.25, 0.3) is 6.08 Å². The molecule has 126 valence electrons. The van der Waals surface area contributed by atoms with Gasteiger partial charge in [-0.2, -0.15) is 0 Å². The number of anilines is 1. The molecule has 0 bridgehead atoms. The van der Waals surface area contributed by atoms with Crippen LogP contribution >= 0.6 is 0 Å². The molecule has 0 aliphatic carbocycles. The molecule has 0 atom stereocenters. The lowest BCUT2D eigenvalue weighted by molar-refractivity contribution is 0.322. The number of allylic oxidation sites excluding steroid dienone is 1. The first-order chi connectivity index (χ1) is 11.4. The average Bonchev–Trinajstić information content (AvgIpc) is 2.92. The van der Waals surface area contributed by atoms with Gasteiger partial charge in [-0.05, 0) is 32.4 Å². The van der Waals surface area contributed by atoms with Gasteiger partial charge in [0.2, 0.25) is 5.88 Å². The van der Waals surface area contributed by atoms with Crippen LogP contribution in [0.3, 0.4) is 0 Å². The molecule has 2 heterocycles. The van der Waals surface area contributed by atoms with Crippen LogP contribution in [0.4, 0.5) is 5.69 Å². The van der Waals surface area contributed by atoms with Crippen LogP contribution in [0.1, 0.15) is 31.9 Å². The summed E-state index contributed by atoms with van der Waals surface area (Å²) in [6, 6.07) is 8.33. The molecule has 0 radical (unpaired) electrons. The Morgan fingerprint density at radius 2 is 2.00 bits per heavy atom. The zero-order chi connectivity index (χ0) is 17.5. The molecule has 2 aromatic rings. The van der Waals surface area contributed by atoms with Crippen LogP contribution in [0.5, 0.6) is 5.88 Å². The number of para-hydroxylation sites is 1. The van der Waals surface area contributed by atoms with Gasteiger partial charge in [-0.15, -0.1) is 0 Å². The fourth-order valence-electron chi connectivity index (χ4n) is 3.30. The number of aromatic amines is 1. The molecule has 0 saturated carbocycles. The number of likely N-dealkylation sites (N-methyl/N-ethyl adjacent to an activating group) is 1. The first-order valence-electron chi connectivity index (χ1n) is 8.10. The van der Waals surface area contributed by atoms with Crippen molar-refractivity contribution in [2.45, 2.75) is 26.2 Å². The van der Waals surface area contributed by atoms with E-state index in [2.05, 4.69) is 47.8 Å². The Bertz CT molecular complexity index is 896. The summed E-state index contributed by atoms with van der Waals surface area (Å²) >= 11 is 0. The van der Waals surface area contributed by atoms with Crippen molar-refractivity contribution >= 4 is 11.8 Å². The Labute approximate surface area is 141 Å². The van der Waals surface area contributed by atoms with Crippen LogP contribution in [0.15, 0.2) is 40.5 Å². The van der Waals surface area contributed by atoms with E-state index in [1.807, 2.05) is 20.0 Å². The Kier molecular flexibility index (Phi) is 3.90. The molecule has 1 N–H and O–H groups in total. The Hall–Kier alpha value is -2.65. The number of ether oxygens (including phenoxy) is 1. The fourth-order valence-corrected chi connectivity index (χ4v) is 3.30. The number of hydrogen-bond acceptors (Lipinski definition) is 3. The summed E-state index contributed by atoms with van der Waals surface area (Å²) in [5, 5.41) is 2.93. The topological polar surface area (TPSA) is 50.3 Å². The van der Waals surface area contributed by atoms with Crippen molar-refractivity contribution in [3.8, 4) is 5.88 Å². The summed E-state index contributed by atoms with van der Waals surface area (Å²) < 4.78 is 6.94. The maximum atomic E-state index is 12.3. The first-order valence-corrected chi connectivity index (χ1v) is 8.10. The van der Waals surface area contributed by atoms with Gasteiger partial charge in [0.15, 0.2) is 0 Å².